The summed E-state index contributed by atoms with van der Waals surface area (Å²) in [5.41, 5.74) is 7.11. The standard InChI is InChI=1S/C32H36BrN5O/c1-23-12-13-27(19-24(23)2)36-15-17-37(18-16-36)32(39)25-7-6-14-35(21-25)22-31-34-29-10-3-4-11-30(29)38(31)28-9-5-8-26(33)20-28/h3-5,8-13,19-20,25H,6-7,14-18,21-22H2,1-2H3/t25-/m1/s1. The van der Waals surface area contributed by atoms with Crippen LogP contribution in [0.3, 0.4) is 0 Å². The van der Waals surface area contributed by atoms with E-state index in [2.05, 4.69) is 104 Å². The number of piperidine rings is 1. The van der Waals surface area contributed by atoms with Crippen molar-refractivity contribution in [2.45, 2.75) is 33.2 Å². The van der Waals surface area contributed by atoms with Gasteiger partial charge in [-0.25, -0.2) is 4.98 Å². The maximum atomic E-state index is 13.6. The summed E-state index contributed by atoms with van der Waals surface area (Å²) in [5, 5.41) is 0. The van der Waals surface area contributed by atoms with Crippen LogP contribution in [0.4, 0.5) is 5.69 Å². The molecule has 2 aliphatic rings. The van der Waals surface area contributed by atoms with E-state index < -0.39 is 0 Å². The highest BCUT2D eigenvalue weighted by Gasteiger charge is 2.32. The van der Waals surface area contributed by atoms with Gasteiger partial charge in [0, 0.05) is 48.6 Å². The second-order valence-electron chi connectivity index (χ2n) is 11.0. The number of hydrogen-bond acceptors (Lipinski definition) is 4. The highest BCUT2D eigenvalue weighted by Crippen LogP contribution is 2.27. The van der Waals surface area contributed by atoms with Crippen LogP contribution in [0.5, 0.6) is 0 Å². The van der Waals surface area contributed by atoms with Crippen LogP contribution in [-0.2, 0) is 11.3 Å². The van der Waals surface area contributed by atoms with Gasteiger partial charge in [-0.05, 0) is 86.8 Å². The van der Waals surface area contributed by atoms with E-state index in [0.717, 1.165) is 85.7 Å². The molecule has 0 bridgehead atoms. The number of amides is 1. The number of para-hydroxylation sites is 2. The largest absolute Gasteiger partial charge is 0.368 e. The molecule has 39 heavy (non-hydrogen) atoms. The molecular formula is C32H36BrN5O. The van der Waals surface area contributed by atoms with E-state index in [9.17, 15) is 4.79 Å². The number of aromatic nitrogens is 2. The van der Waals surface area contributed by atoms with E-state index in [4.69, 9.17) is 4.98 Å². The first kappa shape index (κ1) is 26.1. The Kier molecular flexibility index (Phi) is 7.45. The summed E-state index contributed by atoms with van der Waals surface area (Å²) in [6.45, 7) is 10.2. The first-order valence-corrected chi connectivity index (χ1v) is 14.8. The molecule has 0 unspecified atom stereocenters. The lowest BCUT2D eigenvalue weighted by Gasteiger charge is -2.39. The molecule has 1 amide bonds. The van der Waals surface area contributed by atoms with Crippen molar-refractivity contribution in [3.05, 3.63) is 88.2 Å². The van der Waals surface area contributed by atoms with Gasteiger partial charge in [-0.1, -0.05) is 40.2 Å². The van der Waals surface area contributed by atoms with Gasteiger partial charge in [0.2, 0.25) is 5.91 Å². The lowest BCUT2D eigenvalue weighted by molar-refractivity contribution is -0.137. The Morgan fingerprint density at radius 3 is 2.51 bits per heavy atom. The predicted molar refractivity (Wildman–Crippen MR) is 161 cm³/mol. The average Bonchev–Trinajstić information content (AvgIpc) is 3.32. The van der Waals surface area contributed by atoms with Crippen molar-refractivity contribution in [3.8, 4) is 5.69 Å². The fourth-order valence-corrected chi connectivity index (χ4v) is 6.44. The first-order chi connectivity index (χ1) is 19.0. The summed E-state index contributed by atoms with van der Waals surface area (Å²) in [6.07, 6.45) is 2.00. The summed E-state index contributed by atoms with van der Waals surface area (Å²) in [6, 6.07) is 23.4. The summed E-state index contributed by atoms with van der Waals surface area (Å²) >= 11 is 3.63. The third kappa shape index (κ3) is 5.48. The Labute approximate surface area is 239 Å². The number of halogens is 1. The van der Waals surface area contributed by atoms with Gasteiger partial charge in [-0.15, -0.1) is 0 Å². The number of carbonyl (C=O) groups excluding carboxylic acids is 1. The molecule has 0 aliphatic carbocycles. The van der Waals surface area contributed by atoms with E-state index in [1.165, 1.54) is 16.8 Å². The quantitative estimate of drug-likeness (QED) is 0.289. The van der Waals surface area contributed by atoms with Gasteiger partial charge < -0.3 is 9.80 Å². The molecule has 0 radical (unpaired) electrons. The van der Waals surface area contributed by atoms with Gasteiger partial charge in [0.15, 0.2) is 0 Å². The predicted octanol–water partition coefficient (Wildman–Crippen LogP) is 5.97. The second kappa shape index (κ2) is 11.1. The topological polar surface area (TPSA) is 44.6 Å². The van der Waals surface area contributed by atoms with Gasteiger partial charge in [-0.2, -0.15) is 0 Å². The van der Waals surface area contributed by atoms with Crippen molar-refractivity contribution in [2.75, 3.05) is 44.2 Å². The van der Waals surface area contributed by atoms with E-state index >= 15 is 0 Å². The lowest BCUT2D eigenvalue weighted by Crippen LogP contribution is -2.52. The number of carbonyl (C=O) groups is 1. The molecule has 2 saturated heterocycles. The molecule has 2 fully saturated rings. The molecule has 2 aliphatic heterocycles. The molecule has 0 saturated carbocycles. The molecule has 6 nitrogen and oxygen atoms in total. The molecule has 4 aromatic rings. The van der Waals surface area contributed by atoms with Crippen LogP contribution in [0.15, 0.2) is 71.2 Å². The average molecular weight is 587 g/mol. The van der Waals surface area contributed by atoms with Gasteiger partial charge in [0.25, 0.3) is 0 Å². The minimum Gasteiger partial charge on any atom is -0.368 e. The van der Waals surface area contributed by atoms with Crippen molar-refractivity contribution >= 4 is 38.6 Å². The highest BCUT2D eigenvalue weighted by molar-refractivity contribution is 9.10. The highest BCUT2D eigenvalue weighted by atomic mass is 79.9. The number of rotatable bonds is 5. The normalized spacial score (nSPS) is 18.6. The van der Waals surface area contributed by atoms with Gasteiger partial charge in [0.05, 0.1) is 23.5 Å². The second-order valence-corrected chi connectivity index (χ2v) is 11.9. The minimum atomic E-state index is 0.0515. The number of benzene rings is 3. The number of likely N-dealkylation sites (tertiary alicyclic amines) is 1. The van der Waals surface area contributed by atoms with Crippen LogP contribution >= 0.6 is 15.9 Å². The lowest BCUT2D eigenvalue weighted by atomic mass is 9.96. The monoisotopic (exact) mass is 585 g/mol. The van der Waals surface area contributed by atoms with Crippen molar-refractivity contribution in [1.82, 2.24) is 19.4 Å². The van der Waals surface area contributed by atoms with E-state index in [-0.39, 0.29) is 5.92 Å². The number of imidazole rings is 1. The maximum Gasteiger partial charge on any atom is 0.227 e. The van der Waals surface area contributed by atoms with E-state index in [1.54, 1.807) is 0 Å². The fourth-order valence-electron chi connectivity index (χ4n) is 6.05. The maximum absolute atomic E-state index is 13.6. The summed E-state index contributed by atoms with van der Waals surface area (Å²) in [7, 11) is 0. The van der Waals surface area contributed by atoms with Gasteiger partial charge >= 0.3 is 0 Å². The zero-order chi connectivity index (χ0) is 26.9. The fraction of sp³-hybridized carbons (Fsp3) is 0.375. The van der Waals surface area contributed by atoms with E-state index in [0.29, 0.717) is 5.91 Å². The number of hydrogen-bond donors (Lipinski definition) is 0. The van der Waals surface area contributed by atoms with Crippen LogP contribution in [0, 0.1) is 19.8 Å². The number of fused-ring (bicyclic) bond motifs is 1. The Hall–Kier alpha value is -3.16. The van der Waals surface area contributed by atoms with Crippen molar-refractivity contribution in [3.63, 3.8) is 0 Å². The zero-order valence-corrected chi connectivity index (χ0v) is 24.4. The molecule has 0 spiro atoms. The number of nitrogens with zero attached hydrogens (tertiary/aromatic N) is 5. The summed E-state index contributed by atoms with van der Waals surface area (Å²) < 4.78 is 3.31. The SMILES string of the molecule is Cc1ccc(N2CCN(C(=O)[C@@H]3CCCN(Cc4nc5ccccc5n4-c4cccc(Br)c4)C3)CC2)cc1C. The molecular weight excluding hydrogens is 550 g/mol. The zero-order valence-electron chi connectivity index (χ0n) is 22.8. The minimum absolute atomic E-state index is 0.0515. The van der Waals surface area contributed by atoms with Crippen molar-refractivity contribution in [1.29, 1.82) is 0 Å². The molecule has 3 aromatic carbocycles. The number of anilines is 1. The molecule has 202 valence electrons. The van der Waals surface area contributed by atoms with E-state index in [1.807, 2.05) is 12.1 Å². The van der Waals surface area contributed by atoms with Crippen LogP contribution < -0.4 is 4.90 Å². The molecule has 7 heteroatoms. The number of aryl methyl sites for hydroxylation is 2. The third-order valence-corrected chi connectivity index (χ3v) is 8.86. The Balaban J connectivity index is 1.14. The number of piperazine rings is 1. The van der Waals surface area contributed by atoms with Crippen molar-refractivity contribution < 1.29 is 4.79 Å². The summed E-state index contributed by atoms with van der Waals surface area (Å²) in [5.74, 6) is 1.39. The van der Waals surface area contributed by atoms with Crippen LogP contribution in [0.25, 0.3) is 16.7 Å². The van der Waals surface area contributed by atoms with Crippen molar-refractivity contribution in [2.24, 2.45) is 5.92 Å². The summed E-state index contributed by atoms with van der Waals surface area (Å²) in [4.78, 5) is 25.6. The first-order valence-electron chi connectivity index (χ1n) is 14.0. The van der Waals surface area contributed by atoms with Gasteiger partial charge in [0.1, 0.15) is 5.82 Å². The third-order valence-electron chi connectivity index (χ3n) is 8.36. The molecule has 3 heterocycles. The van der Waals surface area contributed by atoms with Gasteiger partial charge in [-0.3, -0.25) is 14.3 Å². The Morgan fingerprint density at radius 2 is 1.72 bits per heavy atom. The molecule has 1 atom stereocenters. The molecule has 1 aromatic heterocycles. The molecule has 0 N–H and O–H groups in total. The Bertz CT molecular complexity index is 1490. The smallest absolute Gasteiger partial charge is 0.227 e. The Morgan fingerprint density at radius 1 is 0.897 bits per heavy atom. The van der Waals surface area contributed by atoms with Crippen LogP contribution in [0.1, 0.15) is 29.8 Å². The van der Waals surface area contributed by atoms with Crippen LogP contribution in [0.2, 0.25) is 0 Å². The molecule has 6 rings (SSSR count). The van der Waals surface area contributed by atoms with Crippen LogP contribution in [-0.4, -0.2) is 64.5 Å².